The average molecular weight is 192 g/mol. The average Bonchev–Trinajstić information content (AvgIpc) is 2.05. The lowest BCUT2D eigenvalue weighted by atomic mass is 10.2. The van der Waals surface area contributed by atoms with Crippen molar-refractivity contribution in [1.82, 2.24) is 0 Å². The second kappa shape index (κ2) is 5.19. The van der Waals surface area contributed by atoms with Crippen LogP contribution in [0.3, 0.4) is 0 Å². The first-order valence-corrected chi connectivity index (χ1v) is 5.77. The van der Waals surface area contributed by atoms with Crippen LogP contribution in [0.4, 0.5) is 0 Å². The molecule has 0 saturated carbocycles. The van der Waals surface area contributed by atoms with Crippen LogP contribution >= 0.6 is 10.9 Å². The molecular weight excluding hydrogens is 176 g/mol. The van der Waals surface area contributed by atoms with Crippen LogP contribution in [0.25, 0.3) is 0 Å². The van der Waals surface area contributed by atoms with Gasteiger partial charge in [-0.3, -0.25) is 9.59 Å². The zero-order valence-electron chi connectivity index (χ0n) is 7.70. The van der Waals surface area contributed by atoms with Crippen molar-refractivity contribution in [3.8, 4) is 0 Å². The van der Waals surface area contributed by atoms with E-state index in [0.717, 1.165) is 11.5 Å². The van der Waals surface area contributed by atoms with E-state index in [9.17, 15) is 9.59 Å². The number of rotatable bonds is 4. The quantitative estimate of drug-likeness (QED) is 0.521. The highest BCUT2D eigenvalue weighted by molar-refractivity contribution is 8.29. The third kappa shape index (κ3) is 2.85. The summed E-state index contributed by atoms with van der Waals surface area (Å²) in [4.78, 5) is 21.9. The van der Waals surface area contributed by atoms with Crippen LogP contribution in [0, 0.1) is 5.92 Å². The highest BCUT2D eigenvalue weighted by atomic mass is 32.2. The van der Waals surface area contributed by atoms with Gasteiger partial charge in [0, 0.05) is 0 Å². The number of carboxylic acids is 1. The molecule has 12 heavy (non-hydrogen) atoms. The lowest BCUT2D eigenvalue weighted by molar-refractivity contribution is -0.143. The SMILES string of the molecule is CC[SH](CC)C(=O)C(C)C(=O)O. The van der Waals surface area contributed by atoms with Gasteiger partial charge >= 0.3 is 5.97 Å². The summed E-state index contributed by atoms with van der Waals surface area (Å²) in [5.41, 5.74) is 0. The van der Waals surface area contributed by atoms with E-state index in [1.54, 1.807) is 0 Å². The summed E-state index contributed by atoms with van der Waals surface area (Å²) in [7, 11) is -0.709. The van der Waals surface area contributed by atoms with Gasteiger partial charge in [-0.1, -0.05) is 13.8 Å². The van der Waals surface area contributed by atoms with Gasteiger partial charge in [-0.2, -0.15) is 10.9 Å². The van der Waals surface area contributed by atoms with Gasteiger partial charge in [-0.15, -0.1) is 0 Å². The molecule has 0 spiro atoms. The van der Waals surface area contributed by atoms with Crippen molar-refractivity contribution in [2.45, 2.75) is 20.8 Å². The third-order valence-corrected chi connectivity index (χ3v) is 4.35. The molecule has 0 aliphatic rings. The molecule has 0 aromatic heterocycles. The minimum Gasteiger partial charge on any atom is -0.481 e. The Morgan fingerprint density at radius 1 is 1.33 bits per heavy atom. The Hall–Kier alpha value is -0.510. The molecule has 0 aromatic rings. The Morgan fingerprint density at radius 3 is 2.00 bits per heavy atom. The Balaban J connectivity index is 4.25. The molecule has 1 N–H and O–H groups in total. The summed E-state index contributed by atoms with van der Waals surface area (Å²) < 4.78 is 0. The van der Waals surface area contributed by atoms with Crippen LogP contribution in [0.15, 0.2) is 0 Å². The van der Waals surface area contributed by atoms with E-state index < -0.39 is 22.8 Å². The maximum absolute atomic E-state index is 11.4. The molecule has 0 fully saturated rings. The predicted molar refractivity (Wildman–Crippen MR) is 51.9 cm³/mol. The largest absolute Gasteiger partial charge is 0.481 e. The molecule has 4 heteroatoms. The zero-order chi connectivity index (χ0) is 9.72. The maximum atomic E-state index is 11.4. The Kier molecular flexibility index (Phi) is 4.97. The van der Waals surface area contributed by atoms with Crippen LogP contribution in [0.2, 0.25) is 0 Å². The minimum atomic E-state index is -1.01. The van der Waals surface area contributed by atoms with Crippen molar-refractivity contribution in [3.63, 3.8) is 0 Å². The van der Waals surface area contributed by atoms with E-state index in [-0.39, 0.29) is 5.12 Å². The predicted octanol–water partition coefficient (Wildman–Crippen LogP) is 1.27. The summed E-state index contributed by atoms with van der Waals surface area (Å²) in [5.74, 6) is -0.240. The molecule has 0 saturated heterocycles. The topological polar surface area (TPSA) is 54.4 Å². The van der Waals surface area contributed by atoms with Crippen molar-refractivity contribution in [1.29, 1.82) is 0 Å². The molecule has 0 aliphatic heterocycles. The van der Waals surface area contributed by atoms with E-state index in [1.165, 1.54) is 6.92 Å². The number of thiol groups is 1. The molecule has 0 rings (SSSR count). The van der Waals surface area contributed by atoms with Gasteiger partial charge in [0.15, 0.2) is 5.12 Å². The van der Waals surface area contributed by atoms with Gasteiger partial charge in [0.05, 0.1) is 0 Å². The van der Waals surface area contributed by atoms with E-state index in [4.69, 9.17) is 5.11 Å². The number of hydrogen-bond donors (Lipinski definition) is 2. The summed E-state index contributed by atoms with van der Waals surface area (Å²) >= 11 is 0. The number of carbonyl (C=O) groups excluding carboxylic acids is 1. The van der Waals surface area contributed by atoms with E-state index in [1.807, 2.05) is 13.8 Å². The first kappa shape index (κ1) is 11.5. The van der Waals surface area contributed by atoms with Gasteiger partial charge in [0.1, 0.15) is 5.92 Å². The summed E-state index contributed by atoms with van der Waals surface area (Å²) in [5, 5.41) is 8.50. The zero-order valence-corrected chi connectivity index (χ0v) is 8.60. The molecule has 0 aromatic carbocycles. The third-order valence-electron chi connectivity index (χ3n) is 1.82. The normalized spacial score (nSPS) is 13.8. The molecule has 1 unspecified atom stereocenters. The highest BCUT2D eigenvalue weighted by Crippen LogP contribution is 2.28. The lowest BCUT2D eigenvalue weighted by Crippen LogP contribution is -2.21. The molecule has 0 bridgehead atoms. The van der Waals surface area contributed by atoms with Crippen molar-refractivity contribution in [2.75, 3.05) is 11.5 Å². The molecule has 0 amide bonds. The fourth-order valence-electron chi connectivity index (χ4n) is 0.915. The van der Waals surface area contributed by atoms with Crippen molar-refractivity contribution >= 4 is 22.0 Å². The van der Waals surface area contributed by atoms with Crippen LogP contribution in [0.1, 0.15) is 20.8 Å². The Morgan fingerprint density at radius 2 is 1.75 bits per heavy atom. The van der Waals surface area contributed by atoms with Gasteiger partial charge in [0.2, 0.25) is 0 Å². The second-order valence-electron chi connectivity index (χ2n) is 2.57. The lowest BCUT2D eigenvalue weighted by Gasteiger charge is -2.17. The molecule has 3 nitrogen and oxygen atoms in total. The maximum Gasteiger partial charge on any atom is 0.314 e. The fourth-order valence-corrected chi connectivity index (χ4v) is 2.64. The smallest absolute Gasteiger partial charge is 0.314 e. The standard InChI is InChI=1S/C8H16O3S/c1-4-12(5-2)8(11)6(3)7(9)10/h6,12H,4-5H2,1-3H3,(H,9,10). The molecule has 72 valence electrons. The highest BCUT2D eigenvalue weighted by Gasteiger charge is 2.23. The Labute approximate surface area is 75.5 Å². The minimum absolute atomic E-state index is 0.0810. The van der Waals surface area contributed by atoms with E-state index in [2.05, 4.69) is 0 Å². The van der Waals surface area contributed by atoms with Gasteiger partial charge in [-0.25, -0.2) is 0 Å². The second-order valence-corrected chi connectivity index (χ2v) is 5.36. The van der Waals surface area contributed by atoms with Crippen molar-refractivity contribution < 1.29 is 14.7 Å². The number of hydrogen-bond acceptors (Lipinski definition) is 2. The van der Waals surface area contributed by atoms with Crippen LogP contribution in [-0.4, -0.2) is 27.7 Å². The summed E-state index contributed by atoms with van der Waals surface area (Å²) in [6.45, 7) is 5.33. The molecular formula is C8H16O3S. The first-order valence-electron chi connectivity index (χ1n) is 4.06. The van der Waals surface area contributed by atoms with Crippen LogP contribution < -0.4 is 0 Å². The van der Waals surface area contributed by atoms with E-state index >= 15 is 0 Å². The van der Waals surface area contributed by atoms with Crippen LogP contribution in [0.5, 0.6) is 0 Å². The first-order chi connectivity index (χ1) is 5.54. The number of aliphatic carboxylic acids is 1. The summed E-state index contributed by atoms with van der Waals surface area (Å²) in [6.07, 6.45) is 0. The van der Waals surface area contributed by atoms with Crippen LogP contribution in [-0.2, 0) is 9.59 Å². The molecule has 0 radical (unpaired) electrons. The molecule has 1 atom stereocenters. The van der Waals surface area contributed by atoms with Crippen molar-refractivity contribution in [2.24, 2.45) is 5.92 Å². The Bertz CT molecular complexity index is 175. The van der Waals surface area contributed by atoms with Gasteiger partial charge in [0.25, 0.3) is 0 Å². The number of carboxylic acid groups (broad SMARTS) is 1. The molecule has 0 heterocycles. The fraction of sp³-hybridized carbons (Fsp3) is 0.750. The molecule has 0 aliphatic carbocycles. The number of carbonyl (C=O) groups is 2. The van der Waals surface area contributed by atoms with E-state index in [0.29, 0.717) is 0 Å². The van der Waals surface area contributed by atoms with Crippen molar-refractivity contribution in [3.05, 3.63) is 0 Å². The van der Waals surface area contributed by atoms with Gasteiger partial charge in [-0.05, 0) is 18.4 Å². The van der Waals surface area contributed by atoms with Gasteiger partial charge < -0.3 is 5.11 Å². The summed E-state index contributed by atoms with van der Waals surface area (Å²) in [6, 6.07) is 0. The monoisotopic (exact) mass is 192 g/mol.